The lowest BCUT2D eigenvalue weighted by atomic mass is 10.2. The minimum Gasteiger partial charge on any atom is -0.245 e. The average molecular weight is 275 g/mol. The summed E-state index contributed by atoms with van der Waals surface area (Å²) in [6.07, 6.45) is 3.03. The van der Waals surface area contributed by atoms with Gasteiger partial charge in [0.1, 0.15) is 5.01 Å². The van der Waals surface area contributed by atoms with E-state index in [9.17, 15) is 8.42 Å². The molecular weight excluding hydrogens is 258 g/mol. The molecular formula is C10H17N3O2S2. The van der Waals surface area contributed by atoms with Gasteiger partial charge in [-0.3, -0.25) is 0 Å². The zero-order chi connectivity index (χ0) is 12.3. The third-order valence-corrected chi connectivity index (χ3v) is 5.25. The van der Waals surface area contributed by atoms with Crippen molar-refractivity contribution in [3.05, 3.63) is 16.1 Å². The van der Waals surface area contributed by atoms with Gasteiger partial charge in [0.15, 0.2) is 0 Å². The zero-order valence-electron chi connectivity index (χ0n) is 9.85. The lowest BCUT2D eigenvalue weighted by Gasteiger charge is -2.25. The van der Waals surface area contributed by atoms with Gasteiger partial charge < -0.3 is 0 Å². The smallest absolute Gasteiger partial charge is 0.245 e. The van der Waals surface area contributed by atoms with Crippen LogP contribution in [0.5, 0.6) is 0 Å². The van der Waals surface area contributed by atoms with Gasteiger partial charge in [0.2, 0.25) is 0 Å². The molecule has 0 saturated carbocycles. The molecule has 1 saturated heterocycles. The number of aromatic nitrogens is 1. The van der Waals surface area contributed by atoms with Crippen LogP contribution in [0, 0.1) is 6.92 Å². The van der Waals surface area contributed by atoms with Crippen LogP contribution in [-0.2, 0) is 16.8 Å². The van der Waals surface area contributed by atoms with Gasteiger partial charge in [-0.1, -0.05) is 6.42 Å². The van der Waals surface area contributed by atoms with Crippen molar-refractivity contribution in [3.8, 4) is 0 Å². The molecule has 0 amide bonds. The standard InChI is InChI=1S/C10H17N3O2S2/c1-9-8-16-10(12-9)7-11-17(14,15)13-5-3-2-4-6-13/h8,11H,2-7H2,1H3. The molecule has 0 aromatic carbocycles. The molecule has 0 atom stereocenters. The van der Waals surface area contributed by atoms with Gasteiger partial charge in [-0.2, -0.15) is 17.4 Å². The summed E-state index contributed by atoms with van der Waals surface area (Å²) in [7, 11) is -3.32. The van der Waals surface area contributed by atoms with E-state index in [0.29, 0.717) is 13.1 Å². The van der Waals surface area contributed by atoms with Crippen molar-refractivity contribution in [2.75, 3.05) is 13.1 Å². The molecule has 1 aromatic rings. The Morgan fingerprint density at radius 3 is 2.71 bits per heavy atom. The highest BCUT2D eigenvalue weighted by Gasteiger charge is 2.23. The second kappa shape index (κ2) is 5.43. The molecule has 0 bridgehead atoms. The van der Waals surface area contributed by atoms with E-state index < -0.39 is 10.2 Å². The number of thiazole rings is 1. The quantitative estimate of drug-likeness (QED) is 0.900. The minimum atomic E-state index is -3.32. The molecule has 96 valence electrons. The Hall–Kier alpha value is -0.500. The molecule has 0 spiro atoms. The van der Waals surface area contributed by atoms with E-state index in [1.54, 1.807) is 0 Å². The van der Waals surface area contributed by atoms with Gasteiger partial charge in [0.05, 0.1) is 6.54 Å². The van der Waals surface area contributed by atoms with E-state index in [4.69, 9.17) is 0 Å². The van der Waals surface area contributed by atoms with Crippen molar-refractivity contribution in [3.63, 3.8) is 0 Å². The number of piperidine rings is 1. The summed E-state index contributed by atoms with van der Waals surface area (Å²) in [5, 5.41) is 2.73. The summed E-state index contributed by atoms with van der Waals surface area (Å²) in [6.45, 7) is 3.45. The Labute approximate surface area is 106 Å². The molecule has 5 nitrogen and oxygen atoms in total. The Kier molecular flexibility index (Phi) is 4.13. The number of nitrogens with one attached hydrogen (secondary N) is 1. The maximum Gasteiger partial charge on any atom is 0.279 e. The van der Waals surface area contributed by atoms with E-state index in [-0.39, 0.29) is 6.54 Å². The summed E-state index contributed by atoms with van der Waals surface area (Å²) in [5.74, 6) is 0. The molecule has 0 unspecified atom stereocenters. The molecule has 1 aromatic heterocycles. The number of aryl methyl sites for hydroxylation is 1. The normalized spacial score (nSPS) is 18.4. The molecule has 0 aliphatic carbocycles. The van der Waals surface area contributed by atoms with E-state index in [1.165, 1.54) is 15.6 Å². The van der Waals surface area contributed by atoms with Gasteiger partial charge in [-0.05, 0) is 19.8 Å². The lowest BCUT2D eigenvalue weighted by Crippen LogP contribution is -2.43. The first-order valence-electron chi connectivity index (χ1n) is 5.74. The van der Waals surface area contributed by atoms with Crippen molar-refractivity contribution in [1.82, 2.24) is 14.0 Å². The number of hydrogen-bond donors (Lipinski definition) is 1. The molecule has 0 radical (unpaired) electrons. The molecule has 17 heavy (non-hydrogen) atoms. The minimum absolute atomic E-state index is 0.289. The van der Waals surface area contributed by atoms with Crippen LogP contribution in [0.2, 0.25) is 0 Å². The van der Waals surface area contributed by atoms with Crippen molar-refractivity contribution < 1.29 is 8.42 Å². The molecule has 2 heterocycles. The predicted octanol–water partition coefficient (Wildman–Crippen LogP) is 1.27. The zero-order valence-corrected chi connectivity index (χ0v) is 11.5. The highest BCUT2D eigenvalue weighted by molar-refractivity contribution is 7.87. The van der Waals surface area contributed by atoms with Crippen LogP contribution in [0.25, 0.3) is 0 Å². The maximum atomic E-state index is 12.0. The predicted molar refractivity (Wildman–Crippen MR) is 68.0 cm³/mol. The van der Waals surface area contributed by atoms with Gasteiger partial charge in [0.25, 0.3) is 10.2 Å². The molecule has 7 heteroatoms. The summed E-state index contributed by atoms with van der Waals surface area (Å²) in [5.41, 5.74) is 0.933. The van der Waals surface area contributed by atoms with Crippen LogP contribution >= 0.6 is 11.3 Å². The first kappa shape index (κ1) is 12.9. The van der Waals surface area contributed by atoms with Crippen molar-refractivity contribution in [2.45, 2.75) is 32.7 Å². The van der Waals surface area contributed by atoms with Crippen LogP contribution in [0.1, 0.15) is 30.0 Å². The van der Waals surface area contributed by atoms with Gasteiger partial charge in [-0.15, -0.1) is 11.3 Å². The van der Waals surface area contributed by atoms with Crippen molar-refractivity contribution in [1.29, 1.82) is 0 Å². The second-order valence-corrected chi connectivity index (χ2v) is 6.87. The van der Waals surface area contributed by atoms with Crippen LogP contribution in [0.3, 0.4) is 0 Å². The van der Waals surface area contributed by atoms with Gasteiger partial charge >= 0.3 is 0 Å². The fourth-order valence-corrected chi connectivity index (χ4v) is 3.88. The second-order valence-electron chi connectivity index (χ2n) is 4.17. The monoisotopic (exact) mass is 275 g/mol. The molecule has 2 rings (SSSR count). The van der Waals surface area contributed by atoms with Crippen molar-refractivity contribution in [2.24, 2.45) is 0 Å². The van der Waals surface area contributed by atoms with Crippen LogP contribution in [0.15, 0.2) is 5.38 Å². The maximum absolute atomic E-state index is 12.0. The molecule has 1 aliphatic rings. The highest BCUT2D eigenvalue weighted by atomic mass is 32.2. The van der Waals surface area contributed by atoms with Crippen LogP contribution < -0.4 is 4.72 Å². The Balaban J connectivity index is 1.92. The van der Waals surface area contributed by atoms with E-state index >= 15 is 0 Å². The first-order chi connectivity index (χ1) is 8.08. The van der Waals surface area contributed by atoms with E-state index in [1.807, 2.05) is 12.3 Å². The fraction of sp³-hybridized carbons (Fsp3) is 0.700. The Bertz CT molecular complexity index is 464. The number of hydrogen-bond acceptors (Lipinski definition) is 4. The summed E-state index contributed by atoms with van der Waals surface area (Å²) >= 11 is 1.48. The third kappa shape index (κ3) is 3.48. The van der Waals surface area contributed by atoms with Gasteiger partial charge in [0, 0.05) is 24.2 Å². The molecule has 1 fully saturated rings. The van der Waals surface area contributed by atoms with Crippen molar-refractivity contribution >= 4 is 21.5 Å². The molecule has 1 N–H and O–H groups in total. The largest absolute Gasteiger partial charge is 0.279 e. The topological polar surface area (TPSA) is 62.3 Å². The third-order valence-electron chi connectivity index (χ3n) is 2.73. The highest BCUT2D eigenvalue weighted by Crippen LogP contribution is 2.13. The van der Waals surface area contributed by atoms with E-state index in [2.05, 4.69) is 9.71 Å². The van der Waals surface area contributed by atoms with Crippen LogP contribution in [-0.4, -0.2) is 30.8 Å². The number of rotatable bonds is 4. The lowest BCUT2D eigenvalue weighted by molar-refractivity contribution is 0.341. The SMILES string of the molecule is Cc1csc(CNS(=O)(=O)N2CCCCC2)n1. The Morgan fingerprint density at radius 2 is 2.12 bits per heavy atom. The Morgan fingerprint density at radius 1 is 1.41 bits per heavy atom. The fourth-order valence-electron chi connectivity index (χ4n) is 1.83. The van der Waals surface area contributed by atoms with Gasteiger partial charge in [-0.25, -0.2) is 4.98 Å². The first-order valence-corrected chi connectivity index (χ1v) is 8.06. The molecule has 1 aliphatic heterocycles. The summed E-state index contributed by atoms with van der Waals surface area (Å²) in [4.78, 5) is 4.23. The number of nitrogens with zero attached hydrogens (tertiary/aromatic N) is 2. The average Bonchev–Trinajstić information content (AvgIpc) is 2.74. The summed E-state index contributed by atoms with van der Waals surface area (Å²) < 4.78 is 28.0. The van der Waals surface area contributed by atoms with E-state index in [0.717, 1.165) is 30.0 Å². The van der Waals surface area contributed by atoms with Crippen LogP contribution in [0.4, 0.5) is 0 Å². The summed E-state index contributed by atoms with van der Waals surface area (Å²) in [6, 6.07) is 0.